The molecule has 0 saturated carbocycles. The minimum atomic E-state index is -0.735. The monoisotopic (exact) mass is 408 g/mol. The van der Waals surface area contributed by atoms with E-state index < -0.39 is 17.9 Å². The van der Waals surface area contributed by atoms with Crippen LogP contribution in [0, 0.1) is 0 Å². The SMILES string of the molecule is CCCCCCCCC=CCCCCCCCCNC(=O)ON1C(=O)CCC1=O. The molecule has 29 heavy (non-hydrogen) atoms. The first kappa shape index (κ1) is 25.2. The number of nitrogens with zero attached hydrogens (tertiary/aromatic N) is 1. The minimum Gasteiger partial charge on any atom is -0.320 e. The third-order valence-electron chi connectivity index (χ3n) is 5.14. The van der Waals surface area contributed by atoms with Gasteiger partial charge in [0.05, 0.1) is 0 Å². The van der Waals surface area contributed by atoms with Crippen molar-refractivity contribution in [1.29, 1.82) is 0 Å². The molecule has 0 aromatic carbocycles. The predicted molar refractivity (Wildman–Crippen MR) is 115 cm³/mol. The van der Waals surface area contributed by atoms with Gasteiger partial charge in [-0.1, -0.05) is 76.9 Å². The van der Waals surface area contributed by atoms with E-state index >= 15 is 0 Å². The van der Waals surface area contributed by atoms with Gasteiger partial charge in [-0.2, -0.15) is 0 Å². The lowest BCUT2D eigenvalue weighted by Crippen LogP contribution is -2.37. The highest BCUT2D eigenvalue weighted by molar-refractivity contribution is 6.01. The summed E-state index contributed by atoms with van der Waals surface area (Å²) in [6, 6.07) is 0. The summed E-state index contributed by atoms with van der Waals surface area (Å²) in [5.74, 6) is -0.912. The van der Waals surface area contributed by atoms with Crippen LogP contribution in [0.25, 0.3) is 0 Å². The molecule has 1 aliphatic heterocycles. The number of carbonyl (C=O) groups is 3. The molecular weight excluding hydrogens is 368 g/mol. The Hall–Kier alpha value is -1.85. The molecule has 166 valence electrons. The number of rotatable bonds is 17. The second-order valence-corrected chi connectivity index (χ2v) is 7.83. The summed E-state index contributed by atoms with van der Waals surface area (Å²) in [5, 5.41) is 3.15. The summed E-state index contributed by atoms with van der Waals surface area (Å²) in [7, 11) is 0. The summed E-state index contributed by atoms with van der Waals surface area (Å²) in [6.07, 6.45) is 21.5. The normalized spacial score (nSPS) is 14.2. The fraction of sp³-hybridized carbons (Fsp3) is 0.783. The van der Waals surface area contributed by atoms with Crippen molar-refractivity contribution < 1.29 is 19.2 Å². The molecule has 0 spiro atoms. The van der Waals surface area contributed by atoms with Crippen LogP contribution in [0.3, 0.4) is 0 Å². The van der Waals surface area contributed by atoms with Gasteiger partial charge in [0.15, 0.2) is 0 Å². The Labute approximate surface area is 176 Å². The summed E-state index contributed by atoms with van der Waals surface area (Å²) in [5.41, 5.74) is 0. The van der Waals surface area contributed by atoms with Crippen LogP contribution in [0.4, 0.5) is 4.79 Å². The first-order valence-corrected chi connectivity index (χ1v) is 11.6. The maximum atomic E-state index is 11.6. The van der Waals surface area contributed by atoms with Gasteiger partial charge in [-0.05, 0) is 32.1 Å². The van der Waals surface area contributed by atoms with Crippen molar-refractivity contribution in [3.63, 3.8) is 0 Å². The number of carbonyl (C=O) groups excluding carboxylic acids is 3. The van der Waals surface area contributed by atoms with E-state index in [-0.39, 0.29) is 12.8 Å². The van der Waals surface area contributed by atoms with Gasteiger partial charge >= 0.3 is 6.09 Å². The summed E-state index contributed by atoms with van der Waals surface area (Å²) in [6.45, 7) is 2.75. The third-order valence-corrected chi connectivity index (χ3v) is 5.14. The van der Waals surface area contributed by atoms with Crippen LogP contribution in [0.1, 0.15) is 110 Å². The molecule has 1 aliphatic rings. The van der Waals surface area contributed by atoms with Crippen LogP contribution in [0.15, 0.2) is 12.2 Å². The second kappa shape index (κ2) is 17.0. The Kier molecular flexibility index (Phi) is 14.8. The summed E-state index contributed by atoms with van der Waals surface area (Å²) < 4.78 is 0. The largest absolute Gasteiger partial charge is 0.432 e. The molecule has 1 fully saturated rings. The average Bonchev–Trinajstić information content (AvgIpc) is 3.02. The van der Waals surface area contributed by atoms with E-state index in [0.29, 0.717) is 11.6 Å². The van der Waals surface area contributed by atoms with Gasteiger partial charge in [-0.3, -0.25) is 9.59 Å². The number of allylic oxidation sites excluding steroid dienone is 2. The Morgan fingerprint density at radius 2 is 1.31 bits per heavy atom. The van der Waals surface area contributed by atoms with Crippen LogP contribution in [-0.2, 0) is 14.4 Å². The molecule has 1 heterocycles. The predicted octanol–water partition coefficient (Wildman–Crippen LogP) is 5.81. The molecule has 0 aliphatic carbocycles. The Bertz CT molecular complexity index is 489. The van der Waals surface area contributed by atoms with Crippen LogP contribution < -0.4 is 5.32 Å². The molecule has 1 saturated heterocycles. The highest BCUT2D eigenvalue weighted by Gasteiger charge is 2.32. The second-order valence-electron chi connectivity index (χ2n) is 7.83. The lowest BCUT2D eigenvalue weighted by Gasteiger charge is -2.13. The van der Waals surface area contributed by atoms with Crippen molar-refractivity contribution in [3.05, 3.63) is 12.2 Å². The maximum Gasteiger partial charge on any atom is 0.432 e. The Morgan fingerprint density at radius 3 is 1.86 bits per heavy atom. The van der Waals surface area contributed by atoms with E-state index in [1.165, 1.54) is 70.6 Å². The fourth-order valence-electron chi connectivity index (χ4n) is 3.34. The molecule has 0 unspecified atom stereocenters. The number of amides is 3. The zero-order valence-corrected chi connectivity index (χ0v) is 18.3. The van der Waals surface area contributed by atoms with E-state index in [1.54, 1.807) is 0 Å². The highest BCUT2D eigenvalue weighted by atomic mass is 16.7. The number of hydrogen-bond acceptors (Lipinski definition) is 4. The van der Waals surface area contributed by atoms with E-state index in [4.69, 9.17) is 4.84 Å². The number of hydrogen-bond donors (Lipinski definition) is 1. The maximum absolute atomic E-state index is 11.6. The molecule has 0 bridgehead atoms. The standard InChI is InChI=1S/C23H40N2O4/c1-2-3-4-5-6-7-8-9-10-11-12-13-14-15-16-17-20-24-23(28)29-25-21(26)18-19-22(25)27/h9-10H,2-8,11-20H2,1H3,(H,24,28). The van der Waals surface area contributed by atoms with Gasteiger partial charge in [-0.25, -0.2) is 4.79 Å². The van der Waals surface area contributed by atoms with Crippen LogP contribution >= 0.6 is 0 Å². The van der Waals surface area contributed by atoms with Crippen molar-refractivity contribution in [2.24, 2.45) is 0 Å². The quantitative estimate of drug-likeness (QED) is 0.187. The van der Waals surface area contributed by atoms with Gasteiger partial charge in [0, 0.05) is 19.4 Å². The zero-order valence-electron chi connectivity index (χ0n) is 18.3. The van der Waals surface area contributed by atoms with E-state index in [0.717, 1.165) is 19.3 Å². The lowest BCUT2D eigenvalue weighted by atomic mass is 10.1. The van der Waals surface area contributed by atoms with Crippen molar-refractivity contribution >= 4 is 17.9 Å². The molecule has 1 N–H and O–H groups in total. The number of hydroxylamine groups is 2. The van der Waals surface area contributed by atoms with Crippen molar-refractivity contribution in [3.8, 4) is 0 Å². The van der Waals surface area contributed by atoms with Crippen LogP contribution in [-0.4, -0.2) is 29.5 Å². The van der Waals surface area contributed by atoms with Gasteiger partial charge in [0.1, 0.15) is 0 Å². The van der Waals surface area contributed by atoms with E-state index in [9.17, 15) is 14.4 Å². The van der Waals surface area contributed by atoms with Gasteiger partial charge in [-0.15, -0.1) is 5.06 Å². The van der Waals surface area contributed by atoms with Crippen LogP contribution in [0.2, 0.25) is 0 Å². The topological polar surface area (TPSA) is 75.7 Å². The number of nitrogens with one attached hydrogen (secondary N) is 1. The molecule has 0 atom stereocenters. The van der Waals surface area contributed by atoms with E-state index in [1.807, 2.05) is 0 Å². The summed E-state index contributed by atoms with van der Waals surface area (Å²) >= 11 is 0. The number of imide groups is 1. The Morgan fingerprint density at radius 1 is 0.828 bits per heavy atom. The van der Waals surface area contributed by atoms with Crippen LogP contribution in [0.5, 0.6) is 0 Å². The fourth-order valence-corrected chi connectivity index (χ4v) is 3.34. The molecule has 0 aromatic heterocycles. The van der Waals surface area contributed by atoms with E-state index in [2.05, 4.69) is 24.4 Å². The van der Waals surface area contributed by atoms with Crippen molar-refractivity contribution in [2.45, 2.75) is 110 Å². The first-order valence-electron chi connectivity index (χ1n) is 11.6. The molecule has 1 rings (SSSR count). The minimum absolute atomic E-state index is 0.112. The van der Waals surface area contributed by atoms with Crippen molar-refractivity contribution in [1.82, 2.24) is 10.4 Å². The molecule has 6 heteroatoms. The molecule has 0 radical (unpaired) electrons. The summed E-state index contributed by atoms with van der Waals surface area (Å²) in [4.78, 5) is 39.0. The number of unbranched alkanes of at least 4 members (excludes halogenated alkanes) is 12. The molecular formula is C23H40N2O4. The molecule has 0 aromatic rings. The first-order chi connectivity index (χ1) is 14.1. The zero-order chi connectivity index (χ0) is 21.2. The molecule has 3 amide bonds. The highest BCUT2D eigenvalue weighted by Crippen LogP contribution is 2.12. The van der Waals surface area contributed by atoms with Gasteiger partial charge in [0.25, 0.3) is 11.8 Å². The lowest BCUT2D eigenvalue weighted by molar-refractivity contribution is -0.171. The Balaban J connectivity index is 1.82. The third kappa shape index (κ3) is 13.1. The smallest absolute Gasteiger partial charge is 0.320 e. The molecule has 6 nitrogen and oxygen atoms in total. The van der Waals surface area contributed by atoms with Crippen molar-refractivity contribution in [2.75, 3.05) is 6.54 Å². The van der Waals surface area contributed by atoms with Gasteiger partial charge < -0.3 is 10.2 Å². The van der Waals surface area contributed by atoms with Gasteiger partial charge in [0.2, 0.25) is 0 Å². The average molecular weight is 409 g/mol.